The van der Waals surface area contributed by atoms with Crippen LogP contribution in [-0.4, -0.2) is 29.9 Å². The van der Waals surface area contributed by atoms with Gasteiger partial charge in [-0.3, -0.25) is 0 Å². The van der Waals surface area contributed by atoms with Crippen molar-refractivity contribution < 1.29 is 19.1 Å². The maximum Gasteiger partial charge on any atom is 0.333 e. The van der Waals surface area contributed by atoms with Crippen LogP contribution in [0.15, 0.2) is 47.4 Å². The summed E-state index contributed by atoms with van der Waals surface area (Å²) in [5.74, 6) is -1.15. The van der Waals surface area contributed by atoms with E-state index in [4.69, 9.17) is 9.47 Å². The lowest BCUT2D eigenvalue weighted by molar-refractivity contribution is -0.157. The zero-order valence-corrected chi connectivity index (χ0v) is 16.0. The molecule has 1 aliphatic carbocycles. The number of rotatable bonds is 6. The molecule has 2 aromatic carbocycles. The molecule has 5 heteroatoms. The summed E-state index contributed by atoms with van der Waals surface area (Å²) in [6.45, 7) is 5.44. The molecule has 1 aliphatic rings. The van der Waals surface area contributed by atoms with Crippen LogP contribution in [0.1, 0.15) is 31.9 Å². The number of thioether (sulfide) groups is 1. The average Bonchev–Trinajstić information content (AvgIpc) is 2.99. The SMILES string of the molecule is CCOC(=O)C(C)(Sc1ccc2c(c1)Cc1ccccc1-2)C(=O)OCC. The Kier molecular flexibility index (Phi) is 5.37. The Bertz CT molecular complexity index is 826. The molecule has 0 saturated carbocycles. The Hall–Kier alpha value is -2.27. The van der Waals surface area contributed by atoms with E-state index in [1.165, 1.54) is 34.0 Å². The van der Waals surface area contributed by atoms with Crippen LogP contribution in [0, 0.1) is 0 Å². The maximum atomic E-state index is 12.5. The molecule has 0 atom stereocenters. The molecule has 0 aliphatic heterocycles. The van der Waals surface area contributed by atoms with Gasteiger partial charge in [-0.05, 0) is 61.6 Å². The second-order valence-electron chi connectivity index (χ2n) is 6.23. The highest BCUT2D eigenvalue weighted by Gasteiger charge is 2.45. The first-order chi connectivity index (χ1) is 12.5. The third-order valence-corrected chi connectivity index (χ3v) is 5.65. The van der Waals surface area contributed by atoms with Crippen LogP contribution < -0.4 is 0 Å². The van der Waals surface area contributed by atoms with Crippen LogP contribution in [0.25, 0.3) is 11.1 Å². The number of hydrogen-bond acceptors (Lipinski definition) is 5. The number of fused-ring (bicyclic) bond motifs is 3. The summed E-state index contributed by atoms with van der Waals surface area (Å²) in [5, 5.41) is 0. The second kappa shape index (κ2) is 7.54. The van der Waals surface area contributed by atoms with Crippen molar-refractivity contribution in [2.75, 3.05) is 13.2 Å². The molecule has 0 aromatic heterocycles. The summed E-state index contributed by atoms with van der Waals surface area (Å²) in [4.78, 5) is 25.8. The molecule has 0 spiro atoms. The molecule has 136 valence electrons. The van der Waals surface area contributed by atoms with Gasteiger partial charge in [-0.15, -0.1) is 0 Å². The fourth-order valence-electron chi connectivity index (χ4n) is 3.12. The minimum Gasteiger partial charge on any atom is -0.465 e. The van der Waals surface area contributed by atoms with E-state index in [0.717, 1.165) is 11.3 Å². The van der Waals surface area contributed by atoms with Gasteiger partial charge < -0.3 is 9.47 Å². The molecule has 26 heavy (non-hydrogen) atoms. The number of hydrogen-bond donors (Lipinski definition) is 0. The quantitative estimate of drug-likeness (QED) is 0.369. The molecular formula is C21H22O4S. The van der Waals surface area contributed by atoms with Crippen molar-refractivity contribution in [1.82, 2.24) is 0 Å². The minimum atomic E-state index is -1.42. The van der Waals surface area contributed by atoms with Crippen LogP contribution in [-0.2, 0) is 25.5 Å². The largest absolute Gasteiger partial charge is 0.465 e. The van der Waals surface area contributed by atoms with Gasteiger partial charge in [0.2, 0.25) is 4.75 Å². The molecule has 0 amide bonds. The molecular weight excluding hydrogens is 348 g/mol. The minimum absolute atomic E-state index is 0.216. The van der Waals surface area contributed by atoms with Gasteiger partial charge in [0, 0.05) is 4.90 Å². The van der Waals surface area contributed by atoms with E-state index in [0.29, 0.717) is 0 Å². The number of benzene rings is 2. The van der Waals surface area contributed by atoms with Crippen molar-refractivity contribution in [3.05, 3.63) is 53.6 Å². The molecule has 0 heterocycles. The third-order valence-electron chi connectivity index (χ3n) is 4.42. The smallest absolute Gasteiger partial charge is 0.333 e. The van der Waals surface area contributed by atoms with Crippen LogP contribution in [0.3, 0.4) is 0 Å². The number of esters is 2. The van der Waals surface area contributed by atoms with E-state index >= 15 is 0 Å². The zero-order chi connectivity index (χ0) is 18.7. The Morgan fingerprint density at radius 2 is 1.58 bits per heavy atom. The Labute approximate surface area is 157 Å². The number of carbonyl (C=O) groups is 2. The highest BCUT2D eigenvalue weighted by atomic mass is 32.2. The van der Waals surface area contributed by atoms with Crippen LogP contribution >= 0.6 is 11.8 Å². The van der Waals surface area contributed by atoms with Crippen LogP contribution in [0.5, 0.6) is 0 Å². The lowest BCUT2D eigenvalue weighted by atomic mass is 10.1. The van der Waals surface area contributed by atoms with Crippen molar-refractivity contribution in [3.63, 3.8) is 0 Å². The molecule has 0 radical (unpaired) electrons. The number of carbonyl (C=O) groups excluding carboxylic acids is 2. The van der Waals surface area contributed by atoms with Gasteiger partial charge in [-0.25, -0.2) is 9.59 Å². The lowest BCUT2D eigenvalue weighted by Crippen LogP contribution is -2.43. The predicted octanol–water partition coefficient (Wildman–Crippen LogP) is 4.23. The fourth-order valence-corrected chi connectivity index (χ4v) is 4.22. The first-order valence-corrected chi connectivity index (χ1v) is 9.56. The summed E-state index contributed by atoms with van der Waals surface area (Å²) in [7, 11) is 0. The number of ether oxygens (including phenoxy) is 2. The third kappa shape index (κ3) is 3.36. The molecule has 2 aromatic rings. The first-order valence-electron chi connectivity index (χ1n) is 8.74. The van der Waals surface area contributed by atoms with Gasteiger partial charge in [0.15, 0.2) is 0 Å². The highest BCUT2D eigenvalue weighted by molar-refractivity contribution is 8.02. The van der Waals surface area contributed by atoms with Gasteiger partial charge in [0.25, 0.3) is 0 Å². The molecule has 0 saturated heterocycles. The molecule has 3 rings (SSSR count). The van der Waals surface area contributed by atoms with Crippen LogP contribution in [0.2, 0.25) is 0 Å². The van der Waals surface area contributed by atoms with Gasteiger partial charge >= 0.3 is 11.9 Å². The van der Waals surface area contributed by atoms with E-state index in [-0.39, 0.29) is 13.2 Å². The van der Waals surface area contributed by atoms with E-state index < -0.39 is 16.7 Å². The molecule has 4 nitrogen and oxygen atoms in total. The summed E-state index contributed by atoms with van der Waals surface area (Å²) in [6.07, 6.45) is 0.857. The molecule has 0 unspecified atom stereocenters. The van der Waals surface area contributed by atoms with Crippen molar-refractivity contribution in [2.24, 2.45) is 0 Å². The van der Waals surface area contributed by atoms with Crippen molar-refractivity contribution in [1.29, 1.82) is 0 Å². The summed E-state index contributed by atoms with van der Waals surface area (Å²) in [6, 6.07) is 14.4. The topological polar surface area (TPSA) is 52.6 Å². The molecule has 0 fully saturated rings. The molecule has 0 N–H and O–H groups in total. The summed E-state index contributed by atoms with van der Waals surface area (Å²) >= 11 is 1.18. The van der Waals surface area contributed by atoms with E-state index in [9.17, 15) is 9.59 Å². The Balaban J connectivity index is 1.90. The van der Waals surface area contributed by atoms with E-state index in [1.54, 1.807) is 20.8 Å². The van der Waals surface area contributed by atoms with E-state index in [2.05, 4.69) is 24.3 Å². The van der Waals surface area contributed by atoms with Gasteiger partial charge in [-0.1, -0.05) is 42.1 Å². The Morgan fingerprint density at radius 3 is 2.23 bits per heavy atom. The van der Waals surface area contributed by atoms with Crippen molar-refractivity contribution in [3.8, 4) is 11.1 Å². The lowest BCUT2D eigenvalue weighted by Gasteiger charge is -2.24. The summed E-state index contributed by atoms with van der Waals surface area (Å²) in [5.41, 5.74) is 4.95. The zero-order valence-electron chi connectivity index (χ0n) is 15.2. The predicted molar refractivity (Wildman–Crippen MR) is 102 cm³/mol. The average molecular weight is 370 g/mol. The van der Waals surface area contributed by atoms with E-state index in [1.807, 2.05) is 18.2 Å². The second-order valence-corrected chi connectivity index (χ2v) is 7.72. The Morgan fingerprint density at radius 1 is 0.962 bits per heavy atom. The first kappa shape index (κ1) is 18.5. The standard InChI is InChI=1S/C21H22O4S/c1-4-24-19(22)21(3,20(23)25-5-2)26-16-10-11-18-15(13-16)12-14-8-6-7-9-17(14)18/h6-11,13H,4-5,12H2,1-3H3. The monoisotopic (exact) mass is 370 g/mol. The van der Waals surface area contributed by atoms with Gasteiger partial charge in [0.1, 0.15) is 0 Å². The summed E-state index contributed by atoms with van der Waals surface area (Å²) < 4.78 is 8.83. The van der Waals surface area contributed by atoms with Crippen LogP contribution in [0.4, 0.5) is 0 Å². The van der Waals surface area contributed by atoms with Crippen molar-refractivity contribution in [2.45, 2.75) is 36.8 Å². The fraction of sp³-hybridized carbons (Fsp3) is 0.333. The van der Waals surface area contributed by atoms with Crippen molar-refractivity contribution >= 4 is 23.7 Å². The van der Waals surface area contributed by atoms with Gasteiger partial charge in [0.05, 0.1) is 13.2 Å². The van der Waals surface area contributed by atoms with Gasteiger partial charge in [-0.2, -0.15) is 0 Å². The highest BCUT2D eigenvalue weighted by Crippen LogP contribution is 2.41. The molecule has 0 bridgehead atoms. The maximum absolute atomic E-state index is 12.5. The normalized spacial score (nSPS) is 12.3.